The molecule has 2 aliphatic rings. The second-order valence-corrected chi connectivity index (χ2v) is 20.5. The van der Waals surface area contributed by atoms with Crippen LogP contribution in [-0.2, 0) is 10.8 Å². The molecule has 2 aliphatic heterocycles. The van der Waals surface area contributed by atoms with Crippen molar-refractivity contribution < 1.29 is 0 Å². The normalized spacial score (nSPS) is 13.0. The maximum absolute atomic E-state index is 2.73. The minimum absolute atomic E-state index is 0.0256. The summed E-state index contributed by atoms with van der Waals surface area (Å²) in [5.74, 6) is 0. The smallest absolute Gasteiger partial charge is 0.333 e. The number of benzene rings is 9. The fourth-order valence-electron chi connectivity index (χ4n) is 11.4. The third-order valence-electron chi connectivity index (χ3n) is 14.6. The summed E-state index contributed by atoms with van der Waals surface area (Å²) in [6, 6.07) is 71.2. The highest BCUT2D eigenvalue weighted by atomic mass is 15.0. The van der Waals surface area contributed by atoms with Gasteiger partial charge in [0, 0.05) is 43.8 Å². The lowest BCUT2D eigenvalue weighted by molar-refractivity contribution is 0.590. The van der Waals surface area contributed by atoms with Gasteiger partial charge in [-0.15, -0.1) is 0 Å². The molecule has 2 aromatic heterocycles. The van der Waals surface area contributed by atoms with Crippen molar-refractivity contribution in [3.8, 4) is 61.3 Å². The summed E-state index contributed by atoms with van der Waals surface area (Å²) in [7, 11) is 0. The zero-order valence-corrected chi connectivity index (χ0v) is 37.9. The van der Waals surface area contributed by atoms with Crippen LogP contribution >= 0.6 is 0 Å². The van der Waals surface area contributed by atoms with E-state index in [1.807, 2.05) is 0 Å². The zero-order chi connectivity index (χ0) is 43.9. The first-order valence-electron chi connectivity index (χ1n) is 23.2. The van der Waals surface area contributed by atoms with Crippen LogP contribution in [0.3, 0.4) is 0 Å². The third kappa shape index (κ3) is 5.55. The molecule has 0 bridgehead atoms. The molecule has 0 aliphatic carbocycles. The minimum Gasteiger partial charge on any atom is -0.375 e. The number of aromatic nitrogens is 2. The number of fused-ring (bicyclic) bond motifs is 10. The van der Waals surface area contributed by atoms with Gasteiger partial charge >= 0.3 is 6.85 Å². The standard InChI is InChI=1S/C62H49BN2/c1-61(2,3)42-29-31-55-50(35-42)53-36-43(62(4,5)6)37-54-60(53)64(55)57-27-17-26-48-51-33-41(47-25-16-14-23-45(47)39-20-11-8-12-21-39)34-52-49-32-40(28-30-56(49)65(59(51)52)63(54)58(48)57)46-24-15-13-22-44(46)38-18-9-7-10-19-38/h7-37H,1-6H3. The Balaban J connectivity index is 1.17. The zero-order valence-electron chi connectivity index (χ0n) is 37.9. The SMILES string of the molecule is CC(C)(C)c1ccc2c(c1)c1cc(C(C)(C)C)cc3c1n2-c1cccc2c1B3n1c3ccc(-c4ccccc4-c4ccccc4)cc3c3cc(-c4ccccc4-c4ccccc4)cc-2c31. The summed E-state index contributed by atoms with van der Waals surface area (Å²) in [5.41, 5.74) is 24.4. The fourth-order valence-corrected chi connectivity index (χ4v) is 11.4. The largest absolute Gasteiger partial charge is 0.375 e. The van der Waals surface area contributed by atoms with Crippen molar-refractivity contribution in [3.05, 3.63) is 199 Å². The highest BCUT2D eigenvalue weighted by Gasteiger charge is 2.42. The van der Waals surface area contributed by atoms with Gasteiger partial charge in [-0.25, -0.2) is 0 Å². The van der Waals surface area contributed by atoms with Gasteiger partial charge in [0.15, 0.2) is 0 Å². The molecule has 0 fully saturated rings. The van der Waals surface area contributed by atoms with Crippen molar-refractivity contribution in [2.45, 2.75) is 52.4 Å². The molecule has 11 aromatic rings. The van der Waals surface area contributed by atoms with E-state index in [9.17, 15) is 0 Å². The van der Waals surface area contributed by atoms with Gasteiger partial charge in [-0.3, -0.25) is 0 Å². The summed E-state index contributed by atoms with van der Waals surface area (Å²) < 4.78 is 5.34. The highest BCUT2D eigenvalue weighted by Crippen LogP contribution is 2.48. The minimum atomic E-state index is -0.0523. The maximum atomic E-state index is 2.73. The Morgan fingerprint density at radius 1 is 0.354 bits per heavy atom. The van der Waals surface area contributed by atoms with E-state index in [1.54, 1.807) is 0 Å². The van der Waals surface area contributed by atoms with Gasteiger partial charge < -0.3 is 9.05 Å². The Labute approximate surface area is 381 Å². The second kappa shape index (κ2) is 13.6. The predicted octanol–water partition coefficient (Wildman–Crippen LogP) is 15.1. The predicted molar refractivity (Wildman–Crippen MR) is 279 cm³/mol. The van der Waals surface area contributed by atoms with Crippen LogP contribution in [-0.4, -0.2) is 15.9 Å². The van der Waals surface area contributed by atoms with E-state index in [2.05, 4.69) is 239 Å². The van der Waals surface area contributed by atoms with Gasteiger partial charge in [-0.2, -0.15) is 0 Å². The van der Waals surface area contributed by atoms with Gasteiger partial charge in [0.2, 0.25) is 0 Å². The first-order chi connectivity index (χ1) is 31.5. The Hall–Kier alpha value is -7.36. The van der Waals surface area contributed by atoms with E-state index < -0.39 is 0 Å². The van der Waals surface area contributed by atoms with E-state index in [4.69, 9.17) is 0 Å². The number of nitrogens with zero attached hydrogens (tertiary/aromatic N) is 2. The van der Waals surface area contributed by atoms with Crippen molar-refractivity contribution in [2.75, 3.05) is 0 Å². The molecule has 0 radical (unpaired) electrons. The maximum Gasteiger partial charge on any atom is 0.333 e. The first kappa shape index (κ1) is 38.1. The molecule has 65 heavy (non-hydrogen) atoms. The Morgan fingerprint density at radius 3 is 1.52 bits per heavy atom. The molecule has 0 amide bonds. The first-order valence-corrected chi connectivity index (χ1v) is 23.2. The molecule has 9 aromatic carbocycles. The van der Waals surface area contributed by atoms with Crippen LogP contribution in [0.15, 0.2) is 188 Å². The summed E-state index contributed by atoms with van der Waals surface area (Å²) >= 11 is 0. The topological polar surface area (TPSA) is 9.86 Å². The van der Waals surface area contributed by atoms with Crippen LogP contribution in [0, 0.1) is 0 Å². The van der Waals surface area contributed by atoms with Crippen LogP contribution in [0.2, 0.25) is 0 Å². The fraction of sp³-hybridized carbons (Fsp3) is 0.129. The number of rotatable bonds is 4. The average molecular weight is 833 g/mol. The second-order valence-electron chi connectivity index (χ2n) is 20.5. The number of hydrogen-bond donors (Lipinski definition) is 0. The van der Waals surface area contributed by atoms with Crippen molar-refractivity contribution >= 4 is 61.4 Å². The molecular formula is C62H49BN2. The molecule has 0 spiro atoms. The van der Waals surface area contributed by atoms with Crippen molar-refractivity contribution in [2.24, 2.45) is 0 Å². The lowest BCUT2D eigenvalue weighted by Gasteiger charge is -2.35. The van der Waals surface area contributed by atoms with Gasteiger partial charge in [-0.05, 0) is 131 Å². The van der Waals surface area contributed by atoms with Gasteiger partial charge in [0.05, 0.1) is 11.0 Å². The van der Waals surface area contributed by atoms with Crippen LogP contribution in [0.25, 0.3) is 105 Å². The molecule has 0 atom stereocenters. The number of hydrogen-bond acceptors (Lipinski definition) is 0. The van der Waals surface area contributed by atoms with Crippen LogP contribution < -0.4 is 10.9 Å². The van der Waals surface area contributed by atoms with Crippen LogP contribution in [0.4, 0.5) is 0 Å². The van der Waals surface area contributed by atoms with Crippen molar-refractivity contribution in [1.29, 1.82) is 0 Å². The molecule has 0 saturated heterocycles. The van der Waals surface area contributed by atoms with E-state index in [1.165, 1.54) is 127 Å². The molecular weight excluding hydrogens is 784 g/mol. The van der Waals surface area contributed by atoms with E-state index in [0.717, 1.165) is 0 Å². The van der Waals surface area contributed by atoms with Gasteiger partial charge in [0.25, 0.3) is 0 Å². The van der Waals surface area contributed by atoms with E-state index in [0.29, 0.717) is 0 Å². The van der Waals surface area contributed by atoms with Gasteiger partial charge in [0.1, 0.15) is 0 Å². The van der Waals surface area contributed by atoms with Crippen LogP contribution in [0.1, 0.15) is 52.7 Å². The summed E-state index contributed by atoms with van der Waals surface area (Å²) in [5, 5.41) is 5.24. The van der Waals surface area contributed by atoms with Crippen molar-refractivity contribution in [3.63, 3.8) is 0 Å². The van der Waals surface area contributed by atoms with E-state index in [-0.39, 0.29) is 17.7 Å². The molecule has 0 unspecified atom stereocenters. The quantitative estimate of drug-likeness (QED) is 0.156. The molecule has 0 N–H and O–H groups in total. The average Bonchev–Trinajstić information content (AvgIpc) is 3.84. The third-order valence-corrected chi connectivity index (χ3v) is 14.6. The van der Waals surface area contributed by atoms with E-state index >= 15 is 0 Å². The lowest BCUT2D eigenvalue weighted by Crippen LogP contribution is -2.55. The van der Waals surface area contributed by atoms with Gasteiger partial charge in [-0.1, -0.05) is 181 Å². The molecule has 4 heterocycles. The van der Waals surface area contributed by atoms with Crippen molar-refractivity contribution in [1.82, 2.24) is 9.05 Å². The molecule has 2 nitrogen and oxygen atoms in total. The molecule has 13 rings (SSSR count). The summed E-state index contributed by atoms with van der Waals surface area (Å²) in [4.78, 5) is 0. The molecule has 3 heteroatoms. The monoisotopic (exact) mass is 832 g/mol. The Bertz CT molecular complexity index is 3780. The molecule has 0 saturated carbocycles. The Kier molecular flexibility index (Phi) is 7.97. The summed E-state index contributed by atoms with van der Waals surface area (Å²) in [6.07, 6.45) is 0. The summed E-state index contributed by atoms with van der Waals surface area (Å²) in [6.45, 7) is 14.1. The Morgan fingerprint density at radius 2 is 0.877 bits per heavy atom. The van der Waals surface area contributed by atoms with Crippen LogP contribution in [0.5, 0.6) is 0 Å². The lowest BCUT2D eigenvalue weighted by atomic mass is 9.45. The molecule has 310 valence electrons. The highest BCUT2D eigenvalue weighted by molar-refractivity contribution is 6.90.